The first-order valence-electron chi connectivity index (χ1n) is 12.0. The number of amides is 1. The van der Waals surface area contributed by atoms with E-state index in [0.717, 1.165) is 5.56 Å². The summed E-state index contributed by atoms with van der Waals surface area (Å²) in [4.78, 5) is 27.8. The summed E-state index contributed by atoms with van der Waals surface area (Å²) in [6.45, 7) is 6.87. The highest BCUT2D eigenvalue weighted by Crippen LogP contribution is 2.45. The molecule has 2 aromatic rings. The molecule has 1 fully saturated rings. The molecule has 1 N–H and O–H groups in total. The number of ketones is 1. The average molecular weight is 514 g/mol. The van der Waals surface area contributed by atoms with E-state index in [4.69, 9.17) is 23.7 Å². The van der Waals surface area contributed by atoms with Gasteiger partial charge in [0, 0.05) is 19.2 Å². The van der Waals surface area contributed by atoms with Crippen LogP contribution in [0.1, 0.15) is 36.6 Å². The summed E-state index contributed by atoms with van der Waals surface area (Å²) >= 11 is 0. The van der Waals surface area contributed by atoms with E-state index in [1.807, 2.05) is 6.92 Å². The second kappa shape index (κ2) is 12.0. The number of carbonyl (C=O) groups is 2. The molecule has 0 aliphatic carbocycles. The normalized spacial score (nSPS) is 16.9. The van der Waals surface area contributed by atoms with Gasteiger partial charge in [0.05, 0.1) is 46.2 Å². The number of nitrogens with zero attached hydrogens (tertiary/aromatic N) is 1. The minimum absolute atomic E-state index is 0.0365. The molecule has 9 nitrogen and oxygen atoms in total. The van der Waals surface area contributed by atoms with Gasteiger partial charge in [0.1, 0.15) is 11.5 Å². The van der Waals surface area contributed by atoms with Crippen LogP contribution in [0.25, 0.3) is 5.76 Å². The number of benzene rings is 2. The highest BCUT2D eigenvalue weighted by atomic mass is 16.5. The monoisotopic (exact) mass is 513 g/mol. The van der Waals surface area contributed by atoms with Crippen LogP contribution >= 0.6 is 0 Å². The van der Waals surface area contributed by atoms with Gasteiger partial charge in [-0.3, -0.25) is 9.59 Å². The number of aryl methyl sites for hydroxylation is 1. The molecular weight excluding hydrogens is 478 g/mol. The maximum absolute atomic E-state index is 13.3. The third-order valence-electron chi connectivity index (χ3n) is 6.10. The standard InChI is InChI=1S/C28H35NO8/c1-16(2)15-37-20-9-8-18(12-17(20)3)25(30)23-24(29(10-11-33-4)28(32)26(23)31)19-13-21(34-5)27(36-7)22(14-19)35-6/h8-9,12-14,16,24,30H,10-11,15H2,1-7H3/t24-/m1/s1. The summed E-state index contributed by atoms with van der Waals surface area (Å²) in [5, 5.41) is 11.4. The Morgan fingerprint density at radius 2 is 1.62 bits per heavy atom. The van der Waals surface area contributed by atoms with Gasteiger partial charge in [-0.25, -0.2) is 0 Å². The number of carbonyl (C=O) groups excluding carboxylic acids is 2. The second-order valence-corrected chi connectivity index (χ2v) is 9.13. The molecule has 1 atom stereocenters. The Morgan fingerprint density at radius 3 is 2.14 bits per heavy atom. The van der Waals surface area contributed by atoms with E-state index in [1.54, 1.807) is 30.3 Å². The van der Waals surface area contributed by atoms with Crippen LogP contribution in [0, 0.1) is 12.8 Å². The molecule has 37 heavy (non-hydrogen) atoms. The first-order valence-corrected chi connectivity index (χ1v) is 12.0. The number of aliphatic hydroxyl groups is 1. The third kappa shape index (κ3) is 5.67. The molecule has 0 unspecified atom stereocenters. The molecule has 2 aromatic carbocycles. The van der Waals surface area contributed by atoms with Gasteiger partial charge in [-0.2, -0.15) is 0 Å². The van der Waals surface area contributed by atoms with Gasteiger partial charge < -0.3 is 33.7 Å². The average Bonchev–Trinajstić information content (AvgIpc) is 3.14. The lowest BCUT2D eigenvalue weighted by Crippen LogP contribution is -2.32. The fourth-order valence-electron chi connectivity index (χ4n) is 4.28. The zero-order valence-corrected chi connectivity index (χ0v) is 22.4. The van der Waals surface area contributed by atoms with Crippen LogP contribution in [-0.4, -0.2) is 69.9 Å². The summed E-state index contributed by atoms with van der Waals surface area (Å²) in [6.07, 6.45) is 0. The number of aliphatic hydroxyl groups excluding tert-OH is 1. The van der Waals surface area contributed by atoms with Crippen molar-refractivity contribution in [3.63, 3.8) is 0 Å². The molecular formula is C28H35NO8. The Kier molecular flexibility index (Phi) is 9.04. The highest BCUT2D eigenvalue weighted by Gasteiger charge is 2.46. The van der Waals surface area contributed by atoms with Gasteiger partial charge in [-0.05, 0) is 54.3 Å². The highest BCUT2D eigenvalue weighted by molar-refractivity contribution is 6.46. The van der Waals surface area contributed by atoms with Crippen molar-refractivity contribution in [1.29, 1.82) is 0 Å². The van der Waals surface area contributed by atoms with E-state index >= 15 is 0 Å². The molecule has 1 saturated heterocycles. The van der Waals surface area contributed by atoms with Gasteiger partial charge in [0.25, 0.3) is 11.7 Å². The molecule has 1 amide bonds. The maximum Gasteiger partial charge on any atom is 0.295 e. The molecule has 0 saturated carbocycles. The Labute approximate surface area is 217 Å². The smallest absolute Gasteiger partial charge is 0.295 e. The number of hydrogen-bond acceptors (Lipinski definition) is 8. The van der Waals surface area contributed by atoms with Gasteiger partial charge in [-0.1, -0.05) is 13.8 Å². The van der Waals surface area contributed by atoms with E-state index in [2.05, 4.69) is 13.8 Å². The molecule has 0 aromatic heterocycles. The molecule has 200 valence electrons. The molecule has 0 bridgehead atoms. The SMILES string of the molecule is COCCN1C(=O)C(=O)C(=C(O)c2ccc(OCC(C)C)c(C)c2)[C@H]1c1cc(OC)c(OC)c(OC)c1. The largest absolute Gasteiger partial charge is 0.507 e. The molecule has 0 radical (unpaired) electrons. The van der Waals surface area contributed by atoms with Crippen LogP contribution in [0.5, 0.6) is 23.0 Å². The van der Waals surface area contributed by atoms with Crippen LogP contribution < -0.4 is 18.9 Å². The van der Waals surface area contributed by atoms with Crippen LogP contribution in [0.15, 0.2) is 35.9 Å². The predicted octanol–water partition coefficient (Wildman–Crippen LogP) is 4.12. The molecule has 9 heteroatoms. The summed E-state index contributed by atoms with van der Waals surface area (Å²) in [5.41, 5.74) is 1.67. The lowest BCUT2D eigenvalue weighted by molar-refractivity contribution is -0.140. The number of Topliss-reactive ketones (excluding diaryl/α,β-unsaturated/α-hetero) is 1. The lowest BCUT2D eigenvalue weighted by Gasteiger charge is -2.26. The lowest BCUT2D eigenvalue weighted by atomic mass is 9.94. The van der Waals surface area contributed by atoms with E-state index in [-0.39, 0.29) is 24.5 Å². The zero-order valence-electron chi connectivity index (χ0n) is 22.4. The number of ether oxygens (including phenoxy) is 5. The second-order valence-electron chi connectivity index (χ2n) is 9.13. The van der Waals surface area contributed by atoms with E-state index in [0.29, 0.717) is 46.6 Å². The van der Waals surface area contributed by atoms with Crippen molar-refractivity contribution in [1.82, 2.24) is 4.90 Å². The predicted molar refractivity (Wildman–Crippen MR) is 138 cm³/mol. The molecule has 3 rings (SSSR count). The number of methoxy groups -OCH3 is 4. The van der Waals surface area contributed by atoms with Crippen molar-refractivity contribution in [2.75, 3.05) is 48.2 Å². The summed E-state index contributed by atoms with van der Waals surface area (Å²) in [5.74, 6) is 0.330. The van der Waals surface area contributed by atoms with Crippen molar-refractivity contribution in [2.45, 2.75) is 26.8 Å². The van der Waals surface area contributed by atoms with Gasteiger partial charge >= 0.3 is 0 Å². The van der Waals surface area contributed by atoms with Crippen LogP contribution in [-0.2, 0) is 14.3 Å². The maximum atomic E-state index is 13.3. The van der Waals surface area contributed by atoms with Crippen molar-refractivity contribution >= 4 is 17.4 Å². The van der Waals surface area contributed by atoms with Crippen molar-refractivity contribution in [2.24, 2.45) is 5.92 Å². The number of rotatable bonds is 11. The first-order chi connectivity index (χ1) is 17.7. The quantitative estimate of drug-likeness (QED) is 0.272. The molecule has 1 aliphatic rings. The molecule has 1 heterocycles. The first kappa shape index (κ1) is 27.9. The summed E-state index contributed by atoms with van der Waals surface area (Å²) < 4.78 is 27.4. The minimum Gasteiger partial charge on any atom is -0.507 e. The zero-order chi connectivity index (χ0) is 27.3. The Bertz CT molecular complexity index is 1160. The molecule has 1 aliphatic heterocycles. The summed E-state index contributed by atoms with van der Waals surface area (Å²) in [7, 11) is 5.96. The fraction of sp³-hybridized carbons (Fsp3) is 0.429. The fourth-order valence-corrected chi connectivity index (χ4v) is 4.28. The van der Waals surface area contributed by atoms with Crippen molar-refractivity contribution in [3.05, 3.63) is 52.6 Å². The van der Waals surface area contributed by atoms with Crippen LogP contribution in [0.2, 0.25) is 0 Å². The van der Waals surface area contributed by atoms with E-state index < -0.39 is 17.7 Å². The Morgan fingerprint density at radius 1 is 0.973 bits per heavy atom. The Balaban J connectivity index is 2.18. The van der Waals surface area contributed by atoms with Crippen LogP contribution in [0.3, 0.4) is 0 Å². The van der Waals surface area contributed by atoms with E-state index in [9.17, 15) is 14.7 Å². The number of hydrogen-bond donors (Lipinski definition) is 1. The minimum atomic E-state index is -0.902. The van der Waals surface area contributed by atoms with E-state index in [1.165, 1.54) is 33.3 Å². The van der Waals surface area contributed by atoms with Crippen molar-refractivity contribution < 1.29 is 38.4 Å². The Hall–Kier alpha value is -3.72. The van der Waals surface area contributed by atoms with Crippen LogP contribution in [0.4, 0.5) is 0 Å². The topological polar surface area (TPSA) is 104 Å². The van der Waals surface area contributed by atoms with Gasteiger partial charge in [0.2, 0.25) is 5.75 Å². The van der Waals surface area contributed by atoms with Gasteiger partial charge in [-0.15, -0.1) is 0 Å². The third-order valence-corrected chi connectivity index (χ3v) is 6.10. The van der Waals surface area contributed by atoms with Gasteiger partial charge in [0.15, 0.2) is 11.5 Å². The number of likely N-dealkylation sites (tertiary alicyclic amines) is 1. The summed E-state index contributed by atoms with van der Waals surface area (Å²) in [6, 6.07) is 7.59. The van der Waals surface area contributed by atoms with Crippen molar-refractivity contribution in [3.8, 4) is 23.0 Å². The molecule has 0 spiro atoms.